The van der Waals surface area contributed by atoms with E-state index < -0.39 is 5.79 Å². The molecule has 0 radical (unpaired) electrons. The zero-order chi connectivity index (χ0) is 14.4. The van der Waals surface area contributed by atoms with Crippen molar-refractivity contribution >= 4 is 0 Å². The zero-order valence-electron chi connectivity index (χ0n) is 12.3. The van der Waals surface area contributed by atoms with Crippen LogP contribution in [0.5, 0.6) is 0 Å². The van der Waals surface area contributed by atoms with Crippen molar-refractivity contribution in [2.24, 2.45) is 0 Å². The second kappa shape index (κ2) is 7.52. The van der Waals surface area contributed by atoms with Gasteiger partial charge in [-0.1, -0.05) is 6.08 Å². The highest BCUT2D eigenvalue weighted by atomic mass is 16.8. The first-order chi connectivity index (χ1) is 9.69. The molecule has 5 nitrogen and oxygen atoms in total. The van der Waals surface area contributed by atoms with Gasteiger partial charge in [-0.05, 0) is 19.8 Å². The number of hydrogen-bond acceptors (Lipinski definition) is 5. The summed E-state index contributed by atoms with van der Waals surface area (Å²) in [4.78, 5) is 0. The van der Waals surface area contributed by atoms with E-state index in [9.17, 15) is 5.11 Å². The number of aliphatic hydroxyl groups excluding tert-OH is 1. The van der Waals surface area contributed by atoms with Crippen LogP contribution in [0.2, 0.25) is 0 Å². The summed E-state index contributed by atoms with van der Waals surface area (Å²) in [7, 11) is 0. The van der Waals surface area contributed by atoms with E-state index in [1.54, 1.807) is 6.08 Å². The summed E-state index contributed by atoms with van der Waals surface area (Å²) in [5, 5.41) is 9.57. The number of ether oxygens (including phenoxy) is 4. The van der Waals surface area contributed by atoms with Crippen molar-refractivity contribution in [3.63, 3.8) is 0 Å². The van der Waals surface area contributed by atoms with Gasteiger partial charge in [-0.15, -0.1) is 6.58 Å². The van der Waals surface area contributed by atoms with Crippen LogP contribution in [0.3, 0.4) is 0 Å². The smallest absolute Gasteiger partial charge is 0.169 e. The molecule has 0 amide bonds. The minimum Gasteiger partial charge on any atom is -0.393 e. The standard InChI is InChI=1S/C15H26O5/c1-3-13(18-10-9-17-4-2)14-11-19-15(20-14)7-5-12(16)6-8-15/h3,12-14,16H,1,4-11H2,2H3. The maximum absolute atomic E-state index is 9.57. The average molecular weight is 286 g/mol. The van der Waals surface area contributed by atoms with Gasteiger partial charge in [0.2, 0.25) is 0 Å². The van der Waals surface area contributed by atoms with E-state index in [-0.39, 0.29) is 18.3 Å². The average Bonchev–Trinajstić information content (AvgIpc) is 2.87. The van der Waals surface area contributed by atoms with E-state index in [4.69, 9.17) is 18.9 Å². The van der Waals surface area contributed by atoms with Gasteiger partial charge >= 0.3 is 0 Å². The highest BCUT2D eigenvalue weighted by molar-refractivity contribution is 4.93. The second-order valence-electron chi connectivity index (χ2n) is 5.38. The second-order valence-corrected chi connectivity index (χ2v) is 5.38. The molecule has 5 heteroatoms. The summed E-state index contributed by atoms with van der Waals surface area (Å²) < 4.78 is 22.9. The third kappa shape index (κ3) is 4.02. The zero-order valence-corrected chi connectivity index (χ0v) is 12.3. The molecule has 0 aromatic heterocycles. The van der Waals surface area contributed by atoms with Gasteiger partial charge in [-0.3, -0.25) is 0 Å². The molecule has 1 aliphatic carbocycles. The van der Waals surface area contributed by atoms with E-state index in [1.807, 2.05) is 6.92 Å². The van der Waals surface area contributed by atoms with Gasteiger partial charge in [0.15, 0.2) is 5.79 Å². The fourth-order valence-corrected chi connectivity index (χ4v) is 2.76. The summed E-state index contributed by atoms with van der Waals surface area (Å²) >= 11 is 0. The van der Waals surface area contributed by atoms with E-state index in [2.05, 4.69) is 6.58 Å². The molecule has 2 atom stereocenters. The molecule has 0 aromatic rings. The van der Waals surface area contributed by atoms with E-state index in [1.165, 1.54) is 0 Å². The van der Waals surface area contributed by atoms with Gasteiger partial charge in [0.1, 0.15) is 12.2 Å². The molecule has 2 rings (SSSR count). The molecule has 2 unspecified atom stereocenters. The molecular formula is C15H26O5. The minimum atomic E-state index is -0.519. The third-order valence-electron chi connectivity index (χ3n) is 3.93. The summed E-state index contributed by atoms with van der Waals surface area (Å²) in [6.07, 6.45) is 4.20. The van der Waals surface area contributed by atoms with Gasteiger partial charge < -0.3 is 24.1 Å². The number of aliphatic hydroxyl groups is 1. The lowest BCUT2D eigenvalue weighted by molar-refractivity contribution is -0.205. The third-order valence-corrected chi connectivity index (χ3v) is 3.93. The molecule has 1 saturated carbocycles. The monoisotopic (exact) mass is 286 g/mol. The SMILES string of the molecule is C=CC(OCCOCC)C1COC2(CCC(O)CC2)O1. The Balaban J connectivity index is 1.79. The molecule has 1 N–H and O–H groups in total. The largest absolute Gasteiger partial charge is 0.393 e. The van der Waals surface area contributed by atoms with Crippen molar-refractivity contribution in [2.75, 3.05) is 26.4 Å². The van der Waals surface area contributed by atoms with E-state index in [0.29, 0.717) is 26.4 Å². The maximum Gasteiger partial charge on any atom is 0.169 e. The molecule has 0 aromatic carbocycles. The lowest BCUT2D eigenvalue weighted by atomic mass is 9.92. The van der Waals surface area contributed by atoms with Crippen LogP contribution in [-0.4, -0.2) is 55.6 Å². The number of hydrogen-bond donors (Lipinski definition) is 1. The summed E-state index contributed by atoms with van der Waals surface area (Å²) in [6.45, 7) is 8.07. The van der Waals surface area contributed by atoms with Gasteiger partial charge in [0, 0.05) is 19.4 Å². The Morgan fingerprint density at radius 1 is 1.40 bits per heavy atom. The van der Waals surface area contributed by atoms with Crippen LogP contribution in [-0.2, 0) is 18.9 Å². The molecule has 1 aliphatic heterocycles. The first-order valence-corrected chi connectivity index (χ1v) is 7.51. The normalized spacial score (nSPS) is 35.3. The Bertz CT molecular complexity index is 299. The Labute approximate surface area is 120 Å². The summed E-state index contributed by atoms with van der Waals surface area (Å²) in [5.41, 5.74) is 0. The fourth-order valence-electron chi connectivity index (χ4n) is 2.76. The highest BCUT2D eigenvalue weighted by Gasteiger charge is 2.45. The van der Waals surface area contributed by atoms with Crippen LogP contribution >= 0.6 is 0 Å². The number of rotatable bonds is 7. The molecule has 116 valence electrons. The van der Waals surface area contributed by atoms with Crippen molar-refractivity contribution in [1.29, 1.82) is 0 Å². The Morgan fingerprint density at radius 3 is 2.80 bits per heavy atom. The molecule has 2 aliphatic rings. The Morgan fingerprint density at radius 2 is 2.15 bits per heavy atom. The van der Waals surface area contributed by atoms with Gasteiger partial charge in [-0.25, -0.2) is 0 Å². The van der Waals surface area contributed by atoms with Crippen LogP contribution in [0.4, 0.5) is 0 Å². The summed E-state index contributed by atoms with van der Waals surface area (Å²) in [6, 6.07) is 0. The van der Waals surface area contributed by atoms with Crippen molar-refractivity contribution in [3.8, 4) is 0 Å². The molecule has 20 heavy (non-hydrogen) atoms. The Hall–Kier alpha value is -0.460. The van der Waals surface area contributed by atoms with Gasteiger partial charge in [0.25, 0.3) is 0 Å². The molecule has 1 heterocycles. The predicted octanol–water partition coefficient (Wildman–Crippen LogP) is 1.64. The molecule has 2 fully saturated rings. The van der Waals surface area contributed by atoms with E-state index >= 15 is 0 Å². The van der Waals surface area contributed by atoms with E-state index in [0.717, 1.165) is 25.7 Å². The lowest BCUT2D eigenvalue weighted by Crippen LogP contribution is -2.39. The first kappa shape index (κ1) is 15.9. The van der Waals surface area contributed by atoms with Crippen molar-refractivity contribution in [3.05, 3.63) is 12.7 Å². The molecule has 1 saturated heterocycles. The fraction of sp³-hybridized carbons (Fsp3) is 0.867. The van der Waals surface area contributed by atoms with Crippen molar-refractivity contribution in [2.45, 2.75) is 56.7 Å². The van der Waals surface area contributed by atoms with Crippen molar-refractivity contribution < 1.29 is 24.1 Å². The first-order valence-electron chi connectivity index (χ1n) is 7.51. The van der Waals surface area contributed by atoms with Crippen LogP contribution in [0, 0.1) is 0 Å². The highest BCUT2D eigenvalue weighted by Crippen LogP contribution is 2.39. The van der Waals surface area contributed by atoms with Crippen LogP contribution in [0.15, 0.2) is 12.7 Å². The van der Waals surface area contributed by atoms with Crippen LogP contribution in [0.1, 0.15) is 32.6 Å². The topological polar surface area (TPSA) is 57.2 Å². The Kier molecular flexibility index (Phi) is 5.99. The molecule has 0 bridgehead atoms. The molecular weight excluding hydrogens is 260 g/mol. The minimum absolute atomic E-state index is 0.121. The van der Waals surface area contributed by atoms with Gasteiger partial charge in [-0.2, -0.15) is 0 Å². The predicted molar refractivity (Wildman–Crippen MR) is 74.5 cm³/mol. The molecule has 1 spiro atoms. The lowest BCUT2D eigenvalue weighted by Gasteiger charge is -2.34. The quantitative estimate of drug-likeness (QED) is 0.569. The van der Waals surface area contributed by atoms with Crippen molar-refractivity contribution in [1.82, 2.24) is 0 Å². The van der Waals surface area contributed by atoms with Gasteiger partial charge in [0.05, 0.1) is 25.9 Å². The summed E-state index contributed by atoms with van der Waals surface area (Å²) in [5.74, 6) is -0.519. The van der Waals surface area contributed by atoms with Crippen LogP contribution in [0.25, 0.3) is 0 Å². The maximum atomic E-state index is 9.57. The van der Waals surface area contributed by atoms with Crippen LogP contribution < -0.4 is 0 Å².